The maximum atomic E-state index is 12.0. The van der Waals surface area contributed by atoms with E-state index in [4.69, 9.17) is 0 Å². The topological polar surface area (TPSA) is 49.3 Å². The van der Waals surface area contributed by atoms with Gasteiger partial charge in [0.2, 0.25) is 0 Å². The molecular formula is C13H9BrINO2. The smallest absolute Gasteiger partial charge is 0.255 e. The van der Waals surface area contributed by atoms with Gasteiger partial charge in [-0.2, -0.15) is 0 Å². The molecule has 0 atom stereocenters. The monoisotopic (exact) mass is 417 g/mol. The lowest BCUT2D eigenvalue weighted by molar-refractivity contribution is 0.102. The Morgan fingerprint density at radius 3 is 2.67 bits per heavy atom. The van der Waals surface area contributed by atoms with E-state index in [9.17, 15) is 9.90 Å². The number of aromatic hydroxyl groups is 1. The summed E-state index contributed by atoms with van der Waals surface area (Å²) in [6.07, 6.45) is 0. The molecule has 2 N–H and O–H groups in total. The molecule has 5 heteroatoms. The van der Waals surface area contributed by atoms with Crippen molar-refractivity contribution in [3.63, 3.8) is 0 Å². The van der Waals surface area contributed by atoms with Gasteiger partial charge in [-0.15, -0.1) is 0 Å². The van der Waals surface area contributed by atoms with Crippen LogP contribution in [0.25, 0.3) is 0 Å². The van der Waals surface area contributed by atoms with Gasteiger partial charge in [0.1, 0.15) is 5.75 Å². The molecule has 18 heavy (non-hydrogen) atoms. The fourth-order valence-corrected chi connectivity index (χ4v) is 2.83. The van der Waals surface area contributed by atoms with Crippen molar-refractivity contribution >= 4 is 50.1 Å². The Morgan fingerprint density at radius 1 is 1.22 bits per heavy atom. The summed E-state index contributed by atoms with van der Waals surface area (Å²) < 4.78 is 1.90. The number of phenols is 1. The number of nitrogens with one attached hydrogen (secondary N) is 1. The van der Waals surface area contributed by atoms with E-state index < -0.39 is 0 Å². The zero-order valence-electron chi connectivity index (χ0n) is 9.15. The number of hydrogen-bond acceptors (Lipinski definition) is 2. The van der Waals surface area contributed by atoms with E-state index in [0.29, 0.717) is 11.3 Å². The Hall–Kier alpha value is -1.08. The van der Waals surface area contributed by atoms with E-state index in [2.05, 4.69) is 43.8 Å². The number of phenolic OH excluding ortho intramolecular Hbond substituents is 1. The van der Waals surface area contributed by atoms with Gasteiger partial charge in [-0.1, -0.05) is 6.07 Å². The lowest BCUT2D eigenvalue weighted by Gasteiger charge is -2.08. The van der Waals surface area contributed by atoms with Crippen molar-refractivity contribution in [1.29, 1.82) is 0 Å². The molecule has 0 unspecified atom stereocenters. The van der Waals surface area contributed by atoms with E-state index in [1.54, 1.807) is 12.1 Å². The SMILES string of the molecule is O=C(Nc1ccc(I)cc1Br)c1cccc(O)c1. The standard InChI is InChI=1S/C13H9BrINO2/c14-11-7-9(15)4-5-12(11)16-13(18)8-2-1-3-10(17)6-8/h1-7,17H,(H,16,18). The first kappa shape index (κ1) is 13.4. The van der Waals surface area contributed by atoms with Crippen molar-refractivity contribution < 1.29 is 9.90 Å². The first-order valence-corrected chi connectivity index (χ1v) is 6.99. The van der Waals surface area contributed by atoms with E-state index in [1.807, 2.05) is 18.2 Å². The third-order valence-electron chi connectivity index (χ3n) is 2.29. The van der Waals surface area contributed by atoms with Gasteiger partial charge in [-0.05, 0) is 74.9 Å². The van der Waals surface area contributed by atoms with Crippen LogP contribution in [-0.4, -0.2) is 11.0 Å². The summed E-state index contributed by atoms with van der Waals surface area (Å²) in [5.74, 6) is -0.183. The molecule has 3 nitrogen and oxygen atoms in total. The first-order valence-electron chi connectivity index (χ1n) is 5.12. The van der Waals surface area contributed by atoms with Crippen LogP contribution in [0.2, 0.25) is 0 Å². The molecule has 92 valence electrons. The highest BCUT2D eigenvalue weighted by Gasteiger charge is 2.08. The maximum absolute atomic E-state index is 12.0. The lowest BCUT2D eigenvalue weighted by Crippen LogP contribution is -2.12. The lowest BCUT2D eigenvalue weighted by atomic mass is 10.2. The van der Waals surface area contributed by atoms with Crippen molar-refractivity contribution in [2.45, 2.75) is 0 Å². The normalized spacial score (nSPS) is 10.1. The van der Waals surface area contributed by atoms with Crippen molar-refractivity contribution in [2.75, 3.05) is 5.32 Å². The third kappa shape index (κ3) is 3.23. The van der Waals surface area contributed by atoms with Crippen molar-refractivity contribution in [3.8, 4) is 5.75 Å². The van der Waals surface area contributed by atoms with E-state index >= 15 is 0 Å². The highest BCUT2D eigenvalue weighted by molar-refractivity contribution is 14.1. The first-order chi connectivity index (χ1) is 8.56. The Kier molecular flexibility index (Phi) is 4.23. The second kappa shape index (κ2) is 5.71. The van der Waals surface area contributed by atoms with Gasteiger partial charge in [0, 0.05) is 13.6 Å². The summed E-state index contributed by atoms with van der Waals surface area (Å²) in [7, 11) is 0. The minimum Gasteiger partial charge on any atom is -0.508 e. The van der Waals surface area contributed by atoms with Gasteiger partial charge >= 0.3 is 0 Å². The number of halogens is 2. The molecule has 2 aromatic rings. The van der Waals surface area contributed by atoms with Gasteiger partial charge in [-0.25, -0.2) is 0 Å². The number of benzene rings is 2. The van der Waals surface area contributed by atoms with E-state index in [1.165, 1.54) is 12.1 Å². The second-order valence-corrected chi connectivity index (χ2v) is 5.73. The molecule has 0 aliphatic rings. The molecule has 0 bridgehead atoms. The Bertz CT molecular complexity index is 601. The molecule has 0 aliphatic carbocycles. The quantitative estimate of drug-likeness (QED) is 0.725. The fraction of sp³-hybridized carbons (Fsp3) is 0. The number of hydrogen-bond donors (Lipinski definition) is 2. The van der Waals surface area contributed by atoms with Crippen LogP contribution in [0.4, 0.5) is 5.69 Å². The van der Waals surface area contributed by atoms with Crippen LogP contribution < -0.4 is 5.32 Å². The Balaban J connectivity index is 2.21. The summed E-state index contributed by atoms with van der Waals surface area (Å²) in [4.78, 5) is 12.0. The van der Waals surface area contributed by atoms with Crippen LogP contribution in [0.3, 0.4) is 0 Å². The van der Waals surface area contributed by atoms with Crippen LogP contribution in [0.1, 0.15) is 10.4 Å². The minimum atomic E-state index is -0.257. The molecular weight excluding hydrogens is 409 g/mol. The largest absolute Gasteiger partial charge is 0.508 e. The molecule has 2 rings (SSSR count). The Morgan fingerprint density at radius 2 is 2.00 bits per heavy atom. The number of carbonyl (C=O) groups is 1. The summed E-state index contributed by atoms with van der Waals surface area (Å²) in [5.41, 5.74) is 1.12. The van der Waals surface area contributed by atoms with Crippen molar-refractivity contribution in [2.24, 2.45) is 0 Å². The van der Waals surface area contributed by atoms with Crippen LogP contribution in [0.15, 0.2) is 46.9 Å². The van der Waals surface area contributed by atoms with E-state index in [-0.39, 0.29) is 11.7 Å². The maximum Gasteiger partial charge on any atom is 0.255 e. The summed E-state index contributed by atoms with van der Waals surface area (Å²) in [6.45, 7) is 0. The summed E-state index contributed by atoms with van der Waals surface area (Å²) >= 11 is 5.59. The molecule has 0 fully saturated rings. The second-order valence-electron chi connectivity index (χ2n) is 3.63. The molecule has 2 aromatic carbocycles. The molecule has 0 heterocycles. The molecule has 0 aliphatic heterocycles. The number of carbonyl (C=O) groups excluding carboxylic acids is 1. The predicted molar refractivity (Wildman–Crippen MR) is 82.9 cm³/mol. The fourth-order valence-electron chi connectivity index (χ4n) is 1.43. The van der Waals surface area contributed by atoms with Gasteiger partial charge in [0.25, 0.3) is 5.91 Å². The highest BCUT2D eigenvalue weighted by atomic mass is 127. The van der Waals surface area contributed by atoms with Crippen LogP contribution in [-0.2, 0) is 0 Å². The predicted octanol–water partition coefficient (Wildman–Crippen LogP) is 4.01. The number of anilines is 1. The number of rotatable bonds is 2. The average Bonchev–Trinajstić information content (AvgIpc) is 2.32. The Labute approximate surface area is 126 Å². The third-order valence-corrected chi connectivity index (χ3v) is 3.61. The molecule has 0 saturated carbocycles. The average molecular weight is 418 g/mol. The molecule has 0 spiro atoms. The van der Waals surface area contributed by atoms with Gasteiger partial charge in [0.05, 0.1) is 5.69 Å². The van der Waals surface area contributed by atoms with Crippen LogP contribution in [0.5, 0.6) is 5.75 Å². The minimum absolute atomic E-state index is 0.0734. The van der Waals surface area contributed by atoms with Gasteiger partial charge < -0.3 is 10.4 Å². The number of amides is 1. The highest BCUT2D eigenvalue weighted by Crippen LogP contribution is 2.25. The van der Waals surface area contributed by atoms with Gasteiger partial charge in [0.15, 0.2) is 0 Å². The summed E-state index contributed by atoms with van der Waals surface area (Å²) in [6, 6.07) is 11.9. The van der Waals surface area contributed by atoms with Crippen LogP contribution in [0, 0.1) is 3.57 Å². The molecule has 0 aromatic heterocycles. The van der Waals surface area contributed by atoms with Gasteiger partial charge in [-0.3, -0.25) is 4.79 Å². The molecule has 0 saturated heterocycles. The zero-order chi connectivity index (χ0) is 13.1. The van der Waals surface area contributed by atoms with Crippen molar-refractivity contribution in [1.82, 2.24) is 0 Å². The van der Waals surface area contributed by atoms with Crippen molar-refractivity contribution in [3.05, 3.63) is 56.1 Å². The van der Waals surface area contributed by atoms with E-state index in [0.717, 1.165) is 8.04 Å². The summed E-state index contributed by atoms with van der Waals surface area (Å²) in [5, 5.41) is 12.1. The zero-order valence-corrected chi connectivity index (χ0v) is 12.9. The molecule has 0 radical (unpaired) electrons. The molecule has 1 amide bonds. The van der Waals surface area contributed by atoms with Crippen LogP contribution >= 0.6 is 38.5 Å².